The molecular weight excluding hydrogens is 342 g/mol. The lowest BCUT2D eigenvalue weighted by Crippen LogP contribution is -2.41. The fourth-order valence-corrected chi connectivity index (χ4v) is 3.23. The quantitative estimate of drug-likeness (QED) is 0.759. The summed E-state index contributed by atoms with van der Waals surface area (Å²) < 4.78 is 6.24. The second-order valence-corrected chi connectivity index (χ2v) is 6.19. The normalized spacial score (nSPS) is 19.8. The van der Waals surface area contributed by atoms with Crippen LogP contribution >= 0.6 is 0 Å². The number of aromatic amines is 1. The highest BCUT2D eigenvalue weighted by molar-refractivity contribution is 5.84. The van der Waals surface area contributed by atoms with Crippen LogP contribution in [-0.2, 0) is 20.9 Å². The Bertz CT molecular complexity index is 963. The zero-order chi connectivity index (χ0) is 18.8. The Hall–Kier alpha value is -2.94. The second-order valence-electron chi connectivity index (χ2n) is 6.19. The predicted octanol–water partition coefficient (Wildman–Crippen LogP) is -0.220. The number of carboxylic acid groups (broad SMARTS) is 1. The molecular formula is C17H19N3O6. The summed E-state index contributed by atoms with van der Waals surface area (Å²) in [6, 6.07) is 5.48. The molecule has 1 fully saturated rings. The molecule has 1 aromatic heterocycles. The van der Waals surface area contributed by atoms with Crippen LogP contribution in [0, 0.1) is 0 Å². The number of fused-ring (bicyclic) bond motifs is 1. The molecule has 3 rings (SSSR count). The number of nitrogens with one attached hydrogen (secondary N) is 1. The largest absolute Gasteiger partial charge is 0.480 e. The van der Waals surface area contributed by atoms with E-state index in [0.717, 1.165) is 4.68 Å². The first kappa shape index (κ1) is 17.9. The van der Waals surface area contributed by atoms with Gasteiger partial charge in [-0.25, -0.2) is 9.48 Å². The van der Waals surface area contributed by atoms with Crippen LogP contribution in [0.5, 0.6) is 0 Å². The lowest BCUT2D eigenvalue weighted by Gasteiger charge is -2.21. The minimum Gasteiger partial charge on any atom is -0.480 e. The van der Waals surface area contributed by atoms with E-state index < -0.39 is 29.0 Å². The van der Waals surface area contributed by atoms with Crippen LogP contribution in [0.4, 0.5) is 0 Å². The van der Waals surface area contributed by atoms with Crippen LogP contribution in [0.1, 0.15) is 12.8 Å². The molecule has 0 bridgehead atoms. The van der Waals surface area contributed by atoms with E-state index in [2.05, 4.69) is 5.10 Å². The molecule has 2 N–H and O–H groups in total. The molecule has 9 nitrogen and oxygen atoms in total. The summed E-state index contributed by atoms with van der Waals surface area (Å²) in [4.78, 5) is 49.6. The number of H-pyrrole nitrogens is 1. The van der Waals surface area contributed by atoms with Gasteiger partial charge in [-0.05, 0) is 12.1 Å². The van der Waals surface area contributed by atoms with Gasteiger partial charge in [-0.3, -0.25) is 19.5 Å². The van der Waals surface area contributed by atoms with Crippen LogP contribution in [0.15, 0.2) is 33.9 Å². The molecule has 1 aromatic carbocycles. The molecule has 0 spiro atoms. The van der Waals surface area contributed by atoms with Gasteiger partial charge in [-0.15, -0.1) is 0 Å². The van der Waals surface area contributed by atoms with Crippen molar-refractivity contribution >= 4 is 22.6 Å². The van der Waals surface area contributed by atoms with E-state index in [-0.39, 0.29) is 42.8 Å². The van der Waals surface area contributed by atoms with Crippen molar-refractivity contribution < 1.29 is 19.4 Å². The minimum absolute atomic E-state index is 0.0434. The number of aryl methyl sites for hydroxylation is 1. The maximum Gasteiger partial charge on any atom is 0.326 e. The van der Waals surface area contributed by atoms with Crippen molar-refractivity contribution in [2.45, 2.75) is 31.5 Å². The van der Waals surface area contributed by atoms with Gasteiger partial charge in [0.15, 0.2) is 0 Å². The van der Waals surface area contributed by atoms with Crippen molar-refractivity contribution in [1.82, 2.24) is 14.7 Å². The number of carbonyl (C=O) groups excluding carboxylic acids is 1. The van der Waals surface area contributed by atoms with E-state index in [1.807, 2.05) is 0 Å². The van der Waals surface area contributed by atoms with E-state index >= 15 is 0 Å². The Labute approximate surface area is 147 Å². The zero-order valence-corrected chi connectivity index (χ0v) is 14.2. The Balaban J connectivity index is 1.79. The molecule has 1 amide bonds. The average Bonchev–Trinajstić information content (AvgIpc) is 3.08. The molecule has 1 aliphatic rings. The number of carbonyl (C=O) groups is 2. The smallest absolute Gasteiger partial charge is 0.326 e. The third-order valence-electron chi connectivity index (χ3n) is 4.63. The SMILES string of the molecule is COC1CC(C(=O)O)N(C(=O)CCn2[nH]c(=O)c3ccccc3c2=O)C1. The number of nitrogens with zero attached hydrogens (tertiary/aromatic N) is 2. The Morgan fingerprint density at radius 3 is 2.62 bits per heavy atom. The highest BCUT2D eigenvalue weighted by atomic mass is 16.5. The maximum atomic E-state index is 12.5. The summed E-state index contributed by atoms with van der Waals surface area (Å²) in [6.45, 7) is 0.146. The lowest BCUT2D eigenvalue weighted by atomic mass is 10.2. The van der Waals surface area contributed by atoms with Crippen molar-refractivity contribution in [3.05, 3.63) is 45.0 Å². The van der Waals surface area contributed by atoms with E-state index in [9.17, 15) is 24.3 Å². The van der Waals surface area contributed by atoms with Crippen LogP contribution in [0.25, 0.3) is 10.8 Å². The molecule has 2 aromatic rings. The first-order valence-electron chi connectivity index (χ1n) is 8.19. The van der Waals surface area contributed by atoms with Gasteiger partial charge in [-0.1, -0.05) is 12.1 Å². The number of aliphatic carboxylic acids is 1. The minimum atomic E-state index is -1.09. The molecule has 0 radical (unpaired) electrons. The first-order valence-corrected chi connectivity index (χ1v) is 8.19. The summed E-state index contributed by atoms with van der Waals surface area (Å²) in [6.07, 6.45) is -0.207. The van der Waals surface area contributed by atoms with E-state index in [4.69, 9.17) is 4.74 Å². The molecule has 1 saturated heterocycles. The Kier molecular flexibility index (Phi) is 4.90. The van der Waals surface area contributed by atoms with Crippen molar-refractivity contribution in [2.75, 3.05) is 13.7 Å². The third-order valence-corrected chi connectivity index (χ3v) is 4.63. The van der Waals surface area contributed by atoms with Gasteiger partial charge in [0, 0.05) is 26.5 Å². The monoisotopic (exact) mass is 361 g/mol. The number of hydrogen-bond donors (Lipinski definition) is 2. The van der Waals surface area contributed by atoms with Crippen LogP contribution < -0.4 is 11.1 Å². The number of rotatable bonds is 5. The van der Waals surface area contributed by atoms with E-state index in [1.54, 1.807) is 24.3 Å². The van der Waals surface area contributed by atoms with Crippen molar-refractivity contribution in [3.8, 4) is 0 Å². The number of likely N-dealkylation sites (tertiary alicyclic amines) is 1. The number of ether oxygens (including phenoxy) is 1. The van der Waals surface area contributed by atoms with Crippen LogP contribution in [0.3, 0.4) is 0 Å². The maximum absolute atomic E-state index is 12.5. The molecule has 26 heavy (non-hydrogen) atoms. The number of methoxy groups -OCH3 is 1. The molecule has 0 saturated carbocycles. The van der Waals surface area contributed by atoms with E-state index in [0.29, 0.717) is 0 Å². The third kappa shape index (κ3) is 3.25. The van der Waals surface area contributed by atoms with Crippen LogP contribution in [-0.4, -0.2) is 57.5 Å². The number of amides is 1. The summed E-state index contributed by atoms with van der Waals surface area (Å²) in [7, 11) is 1.47. The predicted molar refractivity (Wildman–Crippen MR) is 92.0 cm³/mol. The van der Waals surface area contributed by atoms with E-state index in [1.165, 1.54) is 12.0 Å². The fourth-order valence-electron chi connectivity index (χ4n) is 3.23. The molecule has 2 unspecified atom stereocenters. The Morgan fingerprint density at radius 1 is 1.27 bits per heavy atom. The zero-order valence-electron chi connectivity index (χ0n) is 14.2. The molecule has 2 heterocycles. The van der Waals surface area contributed by atoms with Gasteiger partial charge in [0.1, 0.15) is 6.04 Å². The van der Waals surface area contributed by atoms with Crippen molar-refractivity contribution in [1.29, 1.82) is 0 Å². The Morgan fingerprint density at radius 2 is 1.96 bits per heavy atom. The van der Waals surface area contributed by atoms with Gasteiger partial charge < -0.3 is 14.7 Å². The molecule has 2 atom stereocenters. The number of hydrogen-bond acceptors (Lipinski definition) is 5. The molecule has 1 aliphatic heterocycles. The topological polar surface area (TPSA) is 122 Å². The van der Waals surface area contributed by atoms with Gasteiger partial charge in [-0.2, -0.15) is 0 Å². The first-order chi connectivity index (χ1) is 12.4. The number of benzene rings is 1. The van der Waals surface area contributed by atoms with Gasteiger partial charge >= 0.3 is 5.97 Å². The number of carboxylic acids is 1. The molecule has 9 heteroatoms. The second kappa shape index (κ2) is 7.12. The van der Waals surface area contributed by atoms with Crippen LogP contribution in [0.2, 0.25) is 0 Å². The number of aromatic nitrogens is 2. The van der Waals surface area contributed by atoms with Gasteiger partial charge in [0.25, 0.3) is 11.1 Å². The summed E-state index contributed by atoms with van der Waals surface area (Å²) in [5, 5.41) is 12.3. The van der Waals surface area contributed by atoms with Crippen molar-refractivity contribution in [3.63, 3.8) is 0 Å². The fraction of sp³-hybridized carbons (Fsp3) is 0.412. The van der Waals surface area contributed by atoms with Crippen molar-refractivity contribution in [2.24, 2.45) is 0 Å². The van der Waals surface area contributed by atoms with Gasteiger partial charge in [0.2, 0.25) is 5.91 Å². The molecule has 138 valence electrons. The highest BCUT2D eigenvalue weighted by Gasteiger charge is 2.39. The highest BCUT2D eigenvalue weighted by Crippen LogP contribution is 2.21. The summed E-state index contributed by atoms with van der Waals surface area (Å²) in [5.41, 5.74) is -0.823. The molecule has 0 aliphatic carbocycles. The standard InChI is InChI=1S/C17H19N3O6/c1-26-10-8-13(17(24)25)19(9-10)14(21)6-7-20-16(23)12-5-3-2-4-11(12)15(22)18-20/h2-5,10,13H,6-9H2,1H3,(H,18,22)(H,24,25). The average molecular weight is 361 g/mol. The lowest BCUT2D eigenvalue weighted by molar-refractivity contribution is -0.148. The van der Waals surface area contributed by atoms with Gasteiger partial charge in [0.05, 0.1) is 23.4 Å². The summed E-state index contributed by atoms with van der Waals surface area (Å²) in [5.74, 6) is -1.49. The summed E-state index contributed by atoms with van der Waals surface area (Å²) >= 11 is 0.